The van der Waals surface area contributed by atoms with Crippen LogP contribution in [0.2, 0.25) is 0 Å². The van der Waals surface area contributed by atoms with E-state index in [1.807, 2.05) is 76.2 Å². The maximum absolute atomic E-state index is 12.5. The molecule has 2 aliphatic carbocycles. The molecule has 0 spiro atoms. The Morgan fingerprint density at radius 2 is 1.16 bits per heavy atom. The number of carbonyl (C=O) groups excluding carboxylic acids is 1. The fourth-order valence-corrected chi connectivity index (χ4v) is 10.8. The first-order valence-electron chi connectivity index (χ1n) is 24.9. The number of fused-ring (bicyclic) bond motifs is 8. The number of carbonyl (C=O) groups is 1. The lowest BCUT2D eigenvalue weighted by molar-refractivity contribution is 0.0223. The molecule has 2 fully saturated rings. The number of hydrogen-bond acceptors (Lipinski definition) is 13. The number of nitrogens with one attached hydrogen (secondary N) is 3. The van der Waals surface area contributed by atoms with E-state index in [1.165, 1.54) is 49.5 Å². The van der Waals surface area contributed by atoms with Crippen molar-refractivity contribution < 1.29 is 9.53 Å². The van der Waals surface area contributed by atoms with Gasteiger partial charge in [-0.05, 0) is 119 Å². The zero-order chi connectivity index (χ0) is 47.2. The Kier molecular flexibility index (Phi) is 12.0. The van der Waals surface area contributed by atoms with Gasteiger partial charge in [0, 0.05) is 102 Å². The number of nitrogens with zero attached hydrogens (tertiary/aromatic N) is 11. The fourth-order valence-electron chi connectivity index (χ4n) is 10.8. The summed E-state index contributed by atoms with van der Waals surface area (Å²) in [7, 11) is 0. The van der Waals surface area contributed by atoms with E-state index in [9.17, 15) is 4.79 Å². The number of ether oxygens (including phenoxy) is 1. The largest absolute Gasteiger partial charge is 0.444 e. The van der Waals surface area contributed by atoms with Crippen molar-refractivity contribution in [3.63, 3.8) is 0 Å². The van der Waals surface area contributed by atoms with Gasteiger partial charge in [-0.3, -0.25) is 9.97 Å². The van der Waals surface area contributed by atoms with Crippen LogP contribution in [0.3, 0.4) is 0 Å². The van der Waals surface area contributed by atoms with Gasteiger partial charge in [-0.15, -0.1) is 0 Å². The van der Waals surface area contributed by atoms with E-state index in [-0.39, 0.29) is 6.09 Å². The molecular weight excluding hydrogens is 865 g/mol. The minimum Gasteiger partial charge on any atom is -0.444 e. The second-order valence-corrected chi connectivity index (χ2v) is 20.6. The Hall–Kier alpha value is -6.81. The highest BCUT2D eigenvalue weighted by atomic mass is 16.6. The number of rotatable bonds is 6. The average molecular weight is 927 g/mol. The molecule has 0 aromatic carbocycles. The summed E-state index contributed by atoms with van der Waals surface area (Å²) in [5.74, 6) is 4.20. The lowest BCUT2D eigenvalue weighted by atomic mass is 9.87. The highest BCUT2D eigenvalue weighted by molar-refractivity contribution is 6.07. The number of pyridine rings is 4. The van der Waals surface area contributed by atoms with Crippen LogP contribution in [-0.4, -0.2) is 78.7 Å². The Morgan fingerprint density at radius 3 is 1.70 bits per heavy atom. The van der Waals surface area contributed by atoms with Gasteiger partial charge in [0.05, 0.1) is 30.0 Å². The van der Waals surface area contributed by atoms with Crippen molar-refractivity contribution in [1.82, 2.24) is 59.2 Å². The second kappa shape index (κ2) is 18.6. The van der Waals surface area contributed by atoms with Crippen LogP contribution in [0.5, 0.6) is 0 Å². The van der Waals surface area contributed by atoms with Gasteiger partial charge < -0.3 is 34.7 Å². The Morgan fingerprint density at radius 1 is 0.638 bits per heavy atom. The van der Waals surface area contributed by atoms with E-state index >= 15 is 0 Å². The Labute approximate surface area is 402 Å². The molecule has 0 bridgehead atoms. The zero-order valence-electron chi connectivity index (χ0n) is 40.4. The van der Waals surface area contributed by atoms with E-state index in [4.69, 9.17) is 24.7 Å². The SMILES string of the molecule is CC1CCC(n2c3cnccc3c3cnc(Nc4ccc5c(n4)CCN(C(=O)OC(C)(C)C)C5)nc32)CC1.CC1CCC(n2c3cnccc3c3cnc(Nc4ccc5c(n4)CCNC5)nc32)CC1. The van der Waals surface area contributed by atoms with Crippen molar-refractivity contribution in [2.24, 2.45) is 11.8 Å². The Bertz CT molecular complexity index is 3180. The van der Waals surface area contributed by atoms with Crippen LogP contribution in [0, 0.1) is 11.8 Å². The molecule has 10 heterocycles. The first-order chi connectivity index (χ1) is 33.5. The highest BCUT2D eigenvalue weighted by Gasteiger charge is 2.29. The predicted octanol–water partition coefficient (Wildman–Crippen LogP) is 10.7. The first-order valence-corrected chi connectivity index (χ1v) is 24.9. The maximum Gasteiger partial charge on any atom is 0.410 e. The van der Waals surface area contributed by atoms with Crippen LogP contribution in [0.25, 0.3) is 43.9 Å². The Balaban J connectivity index is 0.000000154. The third-order valence-corrected chi connectivity index (χ3v) is 14.5. The molecule has 2 saturated carbocycles. The van der Waals surface area contributed by atoms with Crippen LogP contribution in [0.4, 0.5) is 28.3 Å². The monoisotopic (exact) mass is 927 g/mol. The van der Waals surface area contributed by atoms with E-state index in [0.717, 1.165) is 105 Å². The lowest BCUT2D eigenvalue weighted by Crippen LogP contribution is -2.40. The molecule has 0 atom stereocenters. The van der Waals surface area contributed by atoms with Crippen molar-refractivity contribution in [2.45, 2.75) is 130 Å². The van der Waals surface area contributed by atoms with E-state index in [2.05, 4.69) is 77.1 Å². The molecule has 8 aromatic heterocycles. The van der Waals surface area contributed by atoms with E-state index < -0.39 is 5.60 Å². The molecule has 0 radical (unpaired) electrons. The van der Waals surface area contributed by atoms with Crippen LogP contribution in [0.1, 0.15) is 121 Å². The van der Waals surface area contributed by atoms with Crippen molar-refractivity contribution >= 4 is 73.5 Å². The standard InChI is InChI=1S/C29H35N7O2.C24H27N7/c1-18-5-8-20(9-6-18)36-24-16-30-13-11-21(24)22-15-31-27(34-26(22)36)33-25-10-7-19-17-35(14-12-23(19)32-25)28(37)38-29(2,3)4;1-15-2-5-17(6-3-15)31-21-14-26-10-8-18(21)19-13-27-24(30-23(19)31)29-22-7-4-16-12-25-11-9-20(16)28-22/h7,10-11,13,15-16,18,20H,5-6,8-9,12,14,17H2,1-4H3,(H,31,32,33,34);4,7-8,10,13-15,17,25H,2-3,5-6,9,11-12H2,1H3,(H,27,28,29,30). The highest BCUT2D eigenvalue weighted by Crippen LogP contribution is 2.40. The van der Waals surface area contributed by atoms with Gasteiger partial charge >= 0.3 is 6.09 Å². The fraction of sp³-hybridized carbons (Fsp3) is 0.453. The maximum atomic E-state index is 12.5. The summed E-state index contributed by atoms with van der Waals surface area (Å²) in [5.41, 5.74) is 8.13. The van der Waals surface area contributed by atoms with Gasteiger partial charge in [-0.2, -0.15) is 9.97 Å². The molecule has 4 aliphatic rings. The van der Waals surface area contributed by atoms with Crippen LogP contribution in [0.15, 0.2) is 73.6 Å². The molecule has 3 N–H and O–H groups in total. The minimum absolute atomic E-state index is 0.287. The van der Waals surface area contributed by atoms with Crippen molar-refractivity contribution in [3.05, 3.63) is 96.1 Å². The summed E-state index contributed by atoms with van der Waals surface area (Å²) in [6.07, 6.45) is 22.4. The molecule has 12 rings (SSSR count). The van der Waals surface area contributed by atoms with Crippen LogP contribution in [-0.2, 0) is 30.7 Å². The molecule has 2 aliphatic heterocycles. The van der Waals surface area contributed by atoms with Gasteiger partial charge in [0.25, 0.3) is 0 Å². The molecule has 0 unspecified atom stereocenters. The quantitative estimate of drug-likeness (QED) is 0.144. The molecule has 69 heavy (non-hydrogen) atoms. The minimum atomic E-state index is -0.512. The topological polar surface area (TPSA) is 179 Å². The summed E-state index contributed by atoms with van der Waals surface area (Å²) >= 11 is 0. The van der Waals surface area contributed by atoms with Gasteiger partial charge in [0.1, 0.15) is 28.5 Å². The lowest BCUT2D eigenvalue weighted by Gasteiger charge is -2.30. The third kappa shape index (κ3) is 9.26. The molecule has 16 heteroatoms. The van der Waals surface area contributed by atoms with Crippen molar-refractivity contribution in [3.8, 4) is 0 Å². The molecular formula is C53H62N14O2. The smallest absolute Gasteiger partial charge is 0.410 e. The zero-order valence-corrected chi connectivity index (χ0v) is 40.4. The van der Waals surface area contributed by atoms with Crippen LogP contribution >= 0.6 is 0 Å². The van der Waals surface area contributed by atoms with Gasteiger partial charge in [-0.25, -0.2) is 24.7 Å². The summed E-state index contributed by atoms with van der Waals surface area (Å²) in [5, 5.41) is 14.5. The molecule has 0 saturated heterocycles. The van der Waals surface area contributed by atoms with Crippen molar-refractivity contribution in [2.75, 3.05) is 23.7 Å². The van der Waals surface area contributed by atoms with E-state index in [1.54, 1.807) is 4.90 Å². The summed E-state index contributed by atoms with van der Waals surface area (Å²) < 4.78 is 10.3. The number of hydrogen-bond donors (Lipinski definition) is 3. The third-order valence-electron chi connectivity index (χ3n) is 14.5. The first kappa shape index (κ1) is 44.7. The average Bonchev–Trinajstić information content (AvgIpc) is 3.86. The van der Waals surface area contributed by atoms with Crippen molar-refractivity contribution in [1.29, 1.82) is 0 Å². The summed E-state index contributed by atoms with van der Waals surface area (Å²) in [6.45, 7) is 13.3. The number of aromatic nitrogens is 10. The molecule has 1 amide bonds. The van der Waals surface area contributed by atoms with Gasteiger partial charge in [0.15, 0.2) is 0 Å². The van der Waals surface area contributed by atoms with Gasteiger partial charge in [-0.1, -0.05) is 26.0 Å². The number of amides is 1. The van der Waals surface area contributed by atoms with Crippen LogP contribution < -0.4 is 16.0 Å². The summed E-state index contributed by atoms with van der Waals surface area (Å²) in [6, 6.07) is 13.1. The van der Waals surface area contributed by atoms with E-state index in [0.29, 0.717) is 49.3 Å². The molecule has 356 valence electrons. The normalized spacial score (nSPS) is 20.6. The predicted molar refractivity (Wildman–Crippen MR) is 270 cm³/mol. The number of anilines is 4. The molecule has 8 aromatic rings. The molecule has 16 nitrogen and oxygen atoms in total. The van der Waals surface area contributed by atoms with Gasteiger partial charge in [0.2, 0.25) is 11.9 Å². The second-order valence-electron chi connectivity index (χ2n) is 20.6. The summed E-state index contributed by atoms with van der Waals surface area (Å²) in [4.78, 5) is 51.9.